The van der Waals surface area contributed by atoms with Crippen LogP contribution in [0.2, 0.25) is 0 Å². The van der Waals surface area contributed by atoms with Crippen molar-refractivity contribution < 1.29 is 13.2 Å². The lowest BCUT2D eigenvalue weighted by molar-refractivity contribution is -0.137. The van der Waals surface area contributed by atoms with Crippen LogP contribution in [-0.4, -0.2) is 16.6 Å². The molecule has 6 heteroatoms. The van der Waals surface area contributed by atoms with Crippen LogP contribution >= 0.6 is 0 Å². The van der Waals surface area contributed by atoms with Crippen LogP contribution in [0.3, 0.4) is 0 Å². The number of nitrogens with zero attached hydrogens (tertiary/aromatic N) is 2. The van der Waals surface area contributed by atoms with Gasteiger partial charge in [0.15, 0.2) is 0 Å². The molecule has 0 aliphatic heterocycles. The third kappa shape index (κ3) is 3.19. The molecular formula is C14H16F3N3. The number of aryl methyl sites for hydroxylation is 1. The number of imidazole rings is 1. The minimum absolute atomic E-state index is 0.0132. The van der Waals surface area contributed by atoms with Crippen molar-refractivity contribution in [3.8, 4) is 0 Å². The molecule has 0 fully saturated rings. The normalized spacial score (nSPS) is 13.4. The molecule has 1 aromatic carbocycles. The molecule has 0 saturated heterocycles. The van der Waals surface area contributed by atoms with Gasteiger partial charge in [0.25, 0.3) is 0 Å². The predicted molar refractivity (Wildman–Crippen MR) is 70.2 cm³/mol. The zero-order chi connectivity index (χ0) is 14.8. The molecule has 20 heavy (non-hydrogen) atoms. The number of rotatable bonds is 4. The van der Waals surface area contributed by atoms with Gasteiger partial charge in [-0.15, -0.1) is 0 Å². The molecule has 1 heterocycles. The van der Waals surface area contributed by atoms with Crippen LogP contribution in [0.1, 0.15) is 22.9 Å². The Hall–Kier alpha value is -1.82. The van der Waals surface area contributed by atoms with Gasteiger partial charge in [0, 0.05) is 13.2 Å². The van der Waals surface area contributed by atoms with E-state index in [0.29, 0.717) is 6.42 Å². The van der Waals surface area contributed by atoms with Gasteiger partial charge < -0.3 is 9.88 Å². The first kappa shape index (κ1) is 14.6. The average Bonchev–Trinajstić information content (AvgIpc) is 2.82. The van der Waals surface area contributed by atoms with Gasteiger partial charge in [-0.2, -0.15) is 13.2 Å². The second kappa shape index (κ2) is 5.66. The molecular weight excluding hydrogens is 267 g/mol. The fraction of sp³-hybridized carbons (Fsp3) is 0.357. The van der Waals surface area contributed by atoms with E-state index in [0.717, 1.165) is 23.4 Å². The number of hydrogen-bond donors (Lipinski definition) is 1. The highest BCUT2D eigenvalue weighted by Crippen LogP contribution is 2.29. The Morgan fingerprint density at radius 1 is 1.25 bits per heavy atom. The maximum Gasteiger partial charge on any atom is 0.416 e. The molecule has 0 saturated carbocycles. The van der Waals surface area contributed by atoms with Gasteiger partial charge in [0.05, 0.1) is 23.6 Å². The van der Waals surface area contributed by atoms with E-state index in [1.54, 1.807) is 12.5 Å². The van der Waals surface area contributed by atoms with E-state index in [1.165, 1.54) is 12.1 Å². The molecule has 108 valence electrons. The zero-order valence-electron chi connectivity index (χ0n) is 11.3. The Morgan fingerprint density at radius 2 is 1.90 bits per heavy atom. The fourth-order valence-electron chi connectivity index (χ4n) is 2.12. The summed E-state index contributed by atoms with van der Waals surface area (Å²) in [7, 11) is 3.71. The third-order valence-corrected chi connectivity index (χ3v) is 3.28. The van der Waals surface area contributed by atoms with Crippen molar-refractivity contribution in [1.29, 1.82) is 0 Å². The minimum Gasteiger partial charge on any atom is -0.336 e. The second-order valence-electron chi connectivity index (χ2n) is 4.67. The second-order valence-corrected chi connectivity index (χ2v) is 4.67. The largest absolute Gasteiger partial charge is 0.416 e. The van der Waals surface area contributed by atoms with Gasteiger partial charge in [0.1, 0.15) is 0 Å². The molecule has 0 amide bonds. The fourth-order valence-corrected chi connectivity index (χ4v) is 2.12. The molecule has 1 N–H and O–H groups in total. The average molecular weight is 283 g/mol. The van der Waals surface area contributed by atoms with Crippen molar-refractivity contribution in [3.05, 3.63) is 53.6 Å². The Bertz CT molecular complexity index is 558. The SMILES string of the molecule is CNC(Cc1ccc(C(F)(F)F)cc1)c1cncn1C. The Kier molecular flexibility index (Phi) is 4.13. The van der Waals surface area contributed by atoms with E-state index in [9.17, 15) is 13.2 Å². The number of halogens is 3. The Morgan fingerprint density at radius 3 is 2.35 bits per heavy atom. The summed E-state index contributed by atoms with van der Waals surface area (Å²) in [4.78, 5) is 4.05. The van der Waals surface area contributed by atoms with Crippen LogP contribution in [0, 0.1) is 0 Å². The van der Waals surface area contributed by atoms with Gasteiger partial charge in [-0.05, 0) is 31.2 Å². The molecule has 1 aromatic heterocycles. The summed E-state index contributed by atoms with van der Waals surface area (Å²) >= 11 is 0. The van der Waals surface area contributed by atoms with Crippen molar-refractivity contribution in [3.63, 3.8) is 0 Å². The van der Waals surface area contributed by atoms with Crippen molar-refractivity contribution in [1.82, 2.24) is 14.9 Å². The molecule has 0 radical (unpaired) electrons. The van der Waals surface area contributed by atoms with Crippen LogP contribution < -0.4 is 5.32 Å². The van der Waals surface area contributed by atoms with Crippen LogP contribution in [0.15, 0.2) is 36.8 Å². The standard InChI is InChI=1S/C14H16F3N3/c1-18-12(13-8-19-9-20(13)2)7-10-3-5-11(6-4-10)14(15,16)17/h3-6,8-9,12,18H,7H2,1-2H3. The van der Waals surface area contributed by atoms with Crippen LogP contribution in [0.4, 0.5) is 13.2 Å². The van der Waals surface area contributed by atoms with Gasteiger partial charge in [-0.25, -0.2) is 4.98 Å². The number of nitrogens with one attached hydrogen (secondary N) is 1. The minimum atomic E-state index is -4.29. The first-order chi connectivity index (χ1) is 9.41. The Balaban J connectivity index is 2.15. The number of benzene rings is 1. The number of aromatic nitrogens is 2. The molecule has 2 aromatic rings. The highest BCUT2D eigenvalue weighted by molar-refractivity contribution is 5.26. The summed E-state index contributed by atoms with van der Waals surface area (Å²) in [5, 5.41) is 3.16. The van der Waals surface area contributed by atoms with E-state index in [4.69, 9.17) is 0 Å². The molecule has 0 bridgehead atoms. The predicted octanol–water partition coefficient (Wildman–Crippen LogP) is 2.94. The van der Waals surface area contributed by atoms with Crippen molar-refractivity contribution in [2.45, 2.75) is 18.6 Å². The summed E-state index contributed by atoms with van der Waals surface area (Å²) < 4.78 is 39.4. The summed E-state index contributed by atoms with van der Waals surface area (Å²) in [5.74, 6) is 0. The quantitative estimate of drug-likeness (QED) is 0.935. The molecule has 2 rings (SSSR count). The molecule has 3 nitrogen and oxygen atoms in total. The lowest BCUT2D eigenvalue weighted by atomic mass is 10.0. The van der Waals surface area contributed by atoms with Crippen LogP contribution in [0.25, 0.3) is 0 Å². The third-order valence-electron chi connectivity index (χ3n) is 3.28. The lowest BCUT2D eigenvalue weighted by Crippen LogP contribution is -2.21. The van der Waals surface area contributed by atoms with E-state index >= 15 is 0 Å². The molecule has 1 unspecified atom stereocenters. The molecule has 0 aliphatic rings. The first-order valence-electron chi connectivity index (χ1n) is 6.21. The summed E-state index contributed by atoms with van der Waals surface area (Å²) in [6.45, 7) is 0. The molecule has 1 atom stereocenters. The van der Waals surface area contributed by atoms with E-state index in [-0.39, 0.29) is 6.04 Å². The van der Waals surface area contributed by atoms with E-state index in [2.05, 4.69) is 10.3 Å². The highest BCUT2D eigenvalue weighted by Gasteiger charge is 2.30. The van der Waals surface area contributed by atoms with Gasteiger partial charge in [0.2, 0.25) is 0 Å². The van der Waals surface area contributed by atoms with E-state index < -0.39 is 11.7 Å². The molecule has 0 aliphatic carbocycles. The van der Waals surface area contributed by atoms with Crippen LogP contribution in [0.5, 0.6) is 0 Å². The highest BCUT2D eigenvalue weighted by atomic mass is 19.4. The maximum atomic E-state index is 12.5. The monoisotopic (exact) mass is 283 g/mol. The first-order valence-corrected chi connectivity index (χ1v) is 6.21. The van der Waals surface area contributed by atoms with Crippen molar-refractivity contribution in [2.24, 2.45) is 7.05 Å². The van der Waals surface area contributed by atoms with Gasteiger partial charge in [-0.1, -0.05) is 12.1 Å². The van der Waals surface area contributed by atoms with Crippen molar-refractivity contribution >= 4 is 0 Å². The lowest BCUT2D eigenvalue weighted by Gasteiger charge is -2.17. The number of likely N-dealkylation sites (N-methyl/N-ethyl adjacent to an activating group) is 1. The number of alkyl halides is 3. The van der Waals surface area contributed by atoms with Crippen molar-refractivity contribution in [2.75, 3.05) is 7.05 Å². The van der Waals surface area contributed by atoms with Crippen LogP contribution in [-0.2, 0) is 19.6 Å². The summed E-state index contributed by atoms with van der Waals surface area (Å²) in [6.07, 6.45) is -0.227. The topological polar surface area (TPSA) is 29.9 Å². The maximum absolute atomic E-state index is 12.5. The zero-order valence-corrected chi connectivity index (χ0v) is 11.3. The molecule has 0 spiro atoms. The van der Waals surface area contributed by atoms with E-state index in [1.807, 2.05) is 18.7 Å². The summed E-state index contributed by atoms with van der Waals surface area (Å²) in [5.41, 5.74) is 1.22. The smallest absolute Gasteiger partial charge is 0.336 e. The van der Waals surface area contributed by atoms with Gasteiger partial charge in [-0.3, -0.25) is 0 Å². The Labute approximate surface area is 115 Å². The number of hydrogen-bond acceptors (Lipinski definition) is 2. The van der Waals surface area contributed by atoms with Gasteiger partial charge >= 0.3 is 6.18 Å². The summed E-state index contributed by atoms with van der Waals surface area (Å²) in [6, 6.07) is 5.28.